The minimum absolute atomic E-state index is 0.117. The summed E-state index contributed by atoms with van der Waals surface area (Å²) in [6.07, 6.45) is 0.828. The van der Waals surface area contributed by atoms with Crippen LogP contribution in [0.1, 0.15) is 33.6 Å². The molecule has 0 aromatic heterocycles. The normalized spacial score (nSPS) is 11.3. The van der Waals surface area contributed by atoms with Gasteiger partial charge in [-0.05, 0) is 33.6 Å². The molecule has 1 N–H and O–H groups in total. The van der Waals surface area contributed by atoms with Gasteiger partial charge in [0, 0.05) is 6.61 Å². The summed E-state index contributed by atoms with van der Waals surface area (Å²) >= 11 is 0. The standard InChI is InChI=1S/C10H21NO4/c1-10(2,3)15-9(13)11(14-4)7-5-6-8-12/h12H,5-8H2,1-4H3. The molecule has 1 amide bonds. The number of rotatable bonds is 5. The molecule has 5 nitrogen and oxygen atoms in total. The molecule has 0 radical (unpaired) electrons. The van der Waals surface area contributed by atoms with Crippen LogP contribution in [0, 0.1) is 0 Å². The Morgan fingerprint density at radius 3 is 2.33 bits per heavy atom. The Morgan fingerprint density at radius 1 is 1.33 bits per heavy atom. The molecule has 0 fully saturated rings. The number of nitrogens with zero attached hydrogens (tertiary/aromatic N) is 1. The highest BCUT2D eigenvalue weighted by atomic mass is 16.7. The molecule has 90 valence electrons. The van der Waals surface area contributed by atoms with Crippen LogP contribution in [0.3, 0.4) is 0 Å². The van der Waals surface area contributed by atoms with Crippen LogP contribution in [-0.4, -0.2) is 42.1 Å². The van der Waals surface area contributed by atoms with E-state index in [1.807, 2.05) is 0 Å². The van der Waals surface area contributed by atoms with Crippen LogP contribution in [0.15, 0.2) is 0 Å². The minimum atomic E-state index is -0.523. The minimum Gasteiger partial charge on any atom is -0.442 e. The third-order valence-corrected chi connectivity index (χ3v) is 1.59. The molecule has 0 aromatic rings. The average molecular weight is 219 g/mol. The molecule has 0 atom stereocenters. The van der Waals surface area contributed by atoms with Crippen LogP contribution in [0.2, 0.25) is 0 Å². The number of hydrogen-bond acceptors (Lipinski definition) is 4. The van der Waals surface area contributed by atoms with Crippen LogP contribution in [0.5, 0.6) is 0 Å². The number of unbranched alkanes of at least 4 members (excludes halogenated alkanes) is 1. The van der Waals surface area contributed by atoms with Crippen molar-refractivity contribution in [2.45, 2.75) is 39.2 Å². The van der Waals surface area contributed by atoms with E-state index in [1.165, 1.54) is 7.11 Å². The maximum Gasteiger partial charge on any atom is 0.434 e. The van der Waals surface area contributed by atoms with Gasteiger partial charge in [0.15, 0.2) is 0 Å². The van der Waals surface area contributed by atoms with Crippen LogP contribution < -0.4 is 0 Å². The van der Waals surface area contributed by atoms with Gasteiger partial charge in [-0.15, -0.1) is 0 Å². The third-order valence-electron chi connectivity index (χ3n) is 1.59. The van der Waals surface area contributed by atoms with Gasteiger partial charge in [-0.3, -0.25) is 4.84 Å². The zero-order valence-corrected chi connectivity index (χ0v) is 9.95. The van der Waals surface area contributed by atoms with Gasteiger partial charge < -0.3 is 9.84 Å². The van der Waals surface area contributed by atoms with Gasteiger partial charge in [-0.25, -0.2) is 4.79 Å². The molecule has 15 heavy (non-hydrogen) atoms. The molecule has 0 spiro atoms. The van der Waals surface area contributed by atoms with Gasteiger partial charge in [-0.2, -0.15) is 5.06 Å². The lowest BCUT2D eigenvalue weighted by Crippen LogP contribution is -2.36. The highest BCUT2D eigenvalue weighted by molar-refractivity contribution is 5.66. The van der Waals surface area contributed by atoms with Gasteiger partial charge in [0.05, 0.1) is 13.7 Å². The largest absolute Gasteiger partial charge is 0.442 e. The van der Waals surface area contributed by atoms with E-state index in [1.54, 1.807) is 20.8 Å². The Hall–Kier alpha value is -0.810. The fraction of sp³-hybridized carbons (Fsp3) is 0.900. The Bertz CT molecular complexity index is 188. The van der Waals surface area contributed by atoms with Gasteiger partial charge >= 0.3 is 6.09 Å². The quantitative estimate of drug-likeness (QED) is 0.563. The van der Waals surface area contributed by atoms with Crippen molar-refractivity contribution in [1.29, 1.82) is 0 Å². The Labute approximate surface area is 90.9 Å². The molecule has 0 bridgehead atoms. The van der Waals surface area contributed by atoms with E-state index in [0.29, 0.717) is 19.4 Å². The molecular weight excluding hydrogens is 198 g/mol. The van der Waals surface area contributed by atoms with Crippen LogP contribution in [0.4, 0.5) is 4.79 Å². The molecule has 0 aliphatic rings. The molecule has 0 saturated carbocycles. The van der Waals surface area contributed by atoms with Crippen molar-refractivity contribution in [3.8, 4) is 0 Å². The number of ether oxygens (including phenoxy) is 1. The number of aliphatic hydroxyl groups is 1. The number of amides is 1. The highest BCUT2D eigenvalue weighted by Crippen LogP contribution is 2.10. The fourth-order valence-corrected chi connectivity index (χ4v) is 0.937. The van der Waals surface area contributed by atoms with E-state index < -0.39 is 11.7 Å². The first-order chi connectivity index (χ1) is 6.90. The molecule has 0 heterocycles. The molecule has 5 heteroatoms. The number of carbonyl (C=O) groups is 1. The first-order valence-corrected chi connectivity index (χ1v) is 5.06. The van der Waals surface area contributed by atoms with Crippen LogP contribution in [0.25, 0.3) is 0 Å². The van der Waals surface area contributed by atoms with Gasteiger partial charge in [0.25, 0.3) is 0 Å². The van der Waals surface area contributed by atoms with Gasteiger partial charge in [-0.1, -0.05) is 0 Å². The molecule has 0 saturated heterocycles. The lowest BCUT2D eigenvalue weighted by atomic mass is 10.2. The summed E-state index contributed by atoms with van der Waals surface area (Å²) in [4.78, 5) is 16.4. The summed E-state index contributed by atoms with van der Waals surface area (Å²) in [6, 6.07) is 0. The fourth-order valence-electron chi connectivity index (χ4n) is 0.937. The van der Waals surface area contributed by atoms with E-state index in [9.17, 15) is 4.79 Å². The van der Waals surface area contributed by atoms with Crippen molar-refractivity contribution in [1.82, 2.24) is 5.06 Å². The molecule has 0 unspecified atom stereocenters. The lowest BCUT2D eigenvalue weighted by Gasteiger charge is -2.25. The maximum absolute atomic E-state index is 11.5. The number of aliphatic hydroxyl groups excluding tert-OH is 1. The second-order valence-corrected chi connectivity index (χ2v) is 4.20. The SMILES string of the molecule is CON(CCCCO)C(=O)OC(C)(C)C. The summed E-state index contributed by atoms with van der Waals surface area (Å²) in [5.74, 6) is 0. The van der Waals surface area contributed by atoms with Crippen molar-refractivity contribution < 1.29 is 19.5 Å². The van der Waals surface area contributed by atoms with Crippen molar-refractivity contribution in [3.05, 3.63) is 0 Å². The van der Waals surface area contributed by atoms with E-state index in [2.05, 4.69) is 0 Å². The first kappa shape index (κ1) is 14.2. The number of hydrogen-bond donors (Lipinski definition) is 1. The molecule has 0 aromatic carbocycles. The van der Waals surface area contributed by atoms with E-state index in [-0.39, 0.29) is 6.61 Å². The van der Waals surface area contributed by atoms with Crippen LogP contribution in [-0.2, 0) is 9.57 Å². The lowest BCUT2D eigenvalue weighted by molar-refractivity contribution is -0.124. The number of carbonyl (C=O) groups excluding carboxylic acids is 1. The van der Waals surface area contributed by atoms with Crippen LogP contribution >= 0.6 is 0 Å². The average Bonchev–Trinajstić information content (AvgIpc) is 2.09. The van der Waals surface area contributed by atoms with Gasteiger partial charge in [0.2, 0.25) is 0 Å². The maximum atomic E-state index is 11.5. The van der Waals surface area contributed by atoms with Crippen molar-refractivity contribution in [2.75, 3.05) is 20.3 Å². The smallest absolute Gasteiger partial charge is 0.434 e. The number of hydroxylamine groups is 2. The monoisotopic (exact) mass is 219 g/mol. The summed E-state index contributed by atoms with van der Waals surface area (Å²) in [5, 5.41) is 9.76. The van der Waals surface area contributed by atoms with Gasteiger partial charge in [0.1, 0.15) is 5.60 Å². The van der Waals surface area contributed by atoms with Crippen molar-refractivity contribution in [2.24, 2.45) is 0 Å². The zero-order valence-electron chi connectivity index (χ0n) is 9.95. The molecular formula is C10H21NO4. The van der Waals surface area contributed by atoms with E-state index >= 15 is 0 Å². The highest BCUT2D eigenvalue weighted by Gasteiger charge is 2.21. The predicted octanol–water partition coefficient (Wildman–Crippen LogP) is 1.56. The summed E-state index contributed by atoms with van der Waals surface area (Å²) in [6.45, 7) is 5.93. The topological polar surface area (TPSA) is 59.0 Å². The second-order valence-electron chi connectivity index (χ2n) is 4.20. The second kappa shape index (κ2) is 6.63. The summed E-state index contributed by atoms with van der Waals surface area (Å²) in [7, 11) is 1.42. The third kappa shape index (κ3) is 7.16. The Morgan fingerprint density at radius 2 is 1.93 bits per heavy atom. The first-order valence-electron chi connectivity index (χ1n) is 5.06. The molecule has 0 aliphatic heterocycles. The van der Waals surface area contributed by atoms with Crippen molar-refractivity contribution >= 4 is 6.09 Å². The summed E-state index contributed by atoms with van der Waals surface area (Å²) in [5.41, 5.74) is -0.523. The Balaban J connectivity index is 3.99. The van der Waals surface area contributed by atoms with Crippen molar-refractivity contribution in [3.63, 3.8) is 0 Å². The zero-order chi connectivity index (χ0) is 11.9. The predicted molar refractivity (Wildman–Crippen MR) is 56.3 cm³/mol. The molecule has 0 aliphatic carbocycles. The summed E-state index contributed by atoms with van der Waals surface area (Å²) < 4.78 is 5.12. The van der Waals surface area contributed by atoms with E-state index in [0.717, 1.165) is 5.06 Å². The Kier molecular flexibility index (Phi) is 6.27. The van der Waals surface area contributed by atoms with E-state index in [4.69, 9.17) is 14.7 Å². The molecule has 0 rings (SSSR count).